The summed E-state index contributed by atoms with van der Waals surface area (Å²) in [6.45, 7) is 9.51. The number of carbonyl (C=O) groups is 1. The summed E-state index contributed by atoms with van der Waals surface area (Å²) in [4.78, 5) is 16.0. The first-order valence-electron chi connectivity index (χ1n) is 5.72. The van der Waals surface area contributed by atoms with Crippen molar-refractivity contribution in [2.45, 2.75) is 32.9 Å². The highest BCUT2D eigenvalue weighted by molar-refractivity contribution is 5.78. The number of rotatable bonds is 3. The smallest absolute Gasteiger partial charge is 0.237 e. The number of piperazine rings is 1. The average Bonchev–Trinajstić information content (AvgIpc) is 2.18. The van der Waals surface area contributed by atoms with Crippen LogP contribution in [-0.2, 0) is 4.79 Å². The normalized spacial score (nSPS) is 22.5. The maximum absolute atomic E-state index is 12.0. The molecule has 4 heteroatoms. The van der Waals surface area contributed by atoms with Crippen molar-refractivity contribution < 1.29 is 4.79 Å². The third-order valence-corrected chi connectivity index (χ3v) is 3.09. The van der Waals surface area contributed by atoms with Gasteiger partial charge in [-0.05, 0) is 27.8 Å². The van der Waals surface area contributed by atoms with Gasteiger partial charge in [0.25, 0.3) is 0 Å². The fourth-order valence-electron chi connectivity index (χ4n) is 1.70. The summed E-state index contributed by atoms with van der Waals surface area (Å²) in [5.74, 6) is 0.250. The van der Waals surface area contributed by atoms with E-state index in [0.717, 1.165) is 19.6 Å². The van der Waals surface area contributed by atoms with Gasteiger partial charge in [0.1, 0.15) is 0 Å². The molecule has 1 aliphatic rings. The standard InChI is InChI=1S/C11H23N3O/c1-9(2)13(4)8-11(15)14-6-5-12-7-10(14)3/h9-10,12H,5-8H2,1-4H3. The van der Waals surface area contributed by atoms with Crippen LogP contribution in [0, 0.1) is 0 Å². The number of hydrogen-bond donors (Lipinski definition) is 1. The van der Waals surface area contributed by atoms with Crippen LogP contribution in [-0.4, -0.2) is 61.0 Å². The first-order chi connectivity index (χ1) is 7.02. The molecule has 0 saturated carbocycles. The van der Waals surface area contributed by atoms with Crippen LogP contribution in [0.4, 0.5) is 0 Å². The van der Waals surface area contributed by atoms with Gasteiger partial charge in [0.05, 0.1) is 6.54 Å². The second-order valence-electron chi connectivity index (χ2n) is 4.65. The summed E-state index contributed by atoms with van der Waals surface area (Å²) >= 11 is 0. The fraction of sp³-hybridized carbons (Fsp3) is 0.909. The third kappa shape index (κ3) is 3.47. The SMILES string of the molecule is CC(C)N(C)CC(=O)N1CCNCC1C. The fourth-order valence-corrected chi connectivity index (χ4v) is 1.70. The minimum atomic E-state index is 0.250. The molecule has 0 radical (unpaired) electrons. The average molecular weight is 213 g/mol. The number of nitrogens with one attached hydrogen (secondary N) is 1. The van der Waals surface area contributed by atoms with E-state index in [9.17, 15) is 4.79 Å². The minimum absolute atomic E-state index is 0.250. The Labute approximate surface area is 92.6 Å². The zero-order valence-electron chi connectivity index (χ0n) is 10.3. The van der Waals surface area contributed by atoms with Crippen molar-refractivity contribution in [2.24, 2.45) is 0 Å². The highest BCUT2D eigenvalue weighted by Crippen LogP contribution is 2.04. The van der Waals surface area contributed by atoms with Crippen LogP contribution in [0.5, 0.6) is 0 Å². The molecule has 0 bridgehead atoms. The van der Waals surface area contributed by atoms with Crippen LogP contribution < -0.4 is 5.32 Å². The van der Waals surface area contributed by atoms with Gasteiger partial charge in [-0.25, -0.2) is 0 Å². The van der Waals surface area contributed by atoms with Gasteiger partial charge in [0.15, 0.2) is 0 Å². The molecule has 15 heavy (non-hydrogen) atoms. The molecule has 1 saturated heterocycles. The lowest BCUT2D eigenvalue weighted by molar-refractivity contribution is -0.135. The van der Waals surface area contributed by atoms with E-state index >= 15 is 0 Å². The van der Waals surface area contributed by atoms with Crippen LogP contribution in [0.25, 0.3) is 0 Å². The number of likely N-dealkylation sites (N-methyl/N-ethyl adjacent to an activating group) is 1. The highest BCUT2D eigenvalue weighted by atomic mass is 16.2. The quantitative estimate of drug-likeness (QED) is 0.725. The predicted molar refractivity (Wildman–Crippen MR) is 61.8 cm³/mol. The minimum Gasteiger partial charge on any atom is -0.336 e. The summed E-state index contributed by atoms with van der Waals surface area (Å²) in [7, 11) is 2.00. The molecular weight excluding hydrogens is 190 g/mol. The lowest BCUT2D eigenvalue weighted by Crippen LogP contribution is -2.54. The Bertz CT molecular complexity index is 218. The van der Waals surface area contributed by atoms with Gasteiger partial charge >= 0.3 is 0 Å². The molecule has 1 atom stereocenters. The van der Waals surface area contributed by atoms with Crippen molar-refractivity contribution in [1.29, 1.82) is 0 Å². The van der Waals surface area contributed by atoms with Crippen molar-refractivity contribution in [3.05, 3.63) is 0 Å². The molecule has 88 valence electrons. The Morgan fingerprint density at radius 1 is 1.60 bits per heavy atom. The number of hydrogen-bond acceptors (Lipinski definition) is 3. The Kier molecular flexibility index (Phi) is 4.54. The zero-order chi connectivity index (χ0) is 11.4. The molecule has 0 aliphatic carbocycles. The van der Waals surface area contributed by atoms with E-state index in [1.54, 1.807) is 0 Å². The summed E-state index contributed by atoms with van der Waals surface area (Å²) < 4.78 is 0. The topological polar surface area (TPSA) is 35.6 Å². The summed E-state index contributed by atoms with van der Waals surface area (Å²) in [5, 5.41) is 3.29. The number of carbonyl (C=O) groups excluding carboxylic acids is 1. The maximum Gasteiger partial charge on any atom is 0.237 e. The molecule has 1 N–H and O–H groups in total. The maximum atomic E-state index is 12.0. The number of amides is 1. The molecule has 1 amide bonds. The lowest BCUT2D eigenvalue weighted by Gasteiger charge is -2.35. The highest BCUT2D eigenvalue weighted by Gasteiger charge is 2.23. The van der Waals surface area contributed by atoms with Gasteiger partial charge in [-0.2, -0.15) is 0 Å². The molecule has 0 aromatic carbocycles. The first-order valence-corrected chi connectivity index (χ1v) is 5.72. The van der Waals surface area contributed by atoms with Crippen LogP contribution in [0.15, 0.2) is 0 Å². The van der Waals surface area contributed by atoms with E-state index < -0.39 is 0 Å². The Morgan fingerprint density at radius 2 is 2.27 bits per heavy atom. The molecule has 1 fully saturated rings. The van der Waals surface area contributed by atoms with Crippen molar-refractivity contribution in [3.63, 3.8) is 0 Å². The van der Waals surface area contributed by atoms with E-state index in [1.165, 1.54) is 0 Å². The van der Waals surface area contributed by atoms with Crippen molar-refractivity contribution in [1.82, 2.24) is 15.1 Å². The Balaban J connectivity index is 2.45. The van der Waals surface area contributed by atoms with Crippen molar-refractivity contribution in [2.75, 3.05) is 33.2 Å². The Morgan fingerprint density at radius 3 is 2.80 bits per heavy atom. The van der Waals surface area contributed by atoms with Gasteiger partial charge in [0, 0.05) is 31.7 Å². The van der Waals surface area contributed by atoms with Crippen LogP contribution in [0.2, 0.25) is 0 Å². The van der Waals surface area contributed by atoms with Gasteiger partial charge in [-0.15, -0.1) is 0 Å². The molecule has 1 aliphatic heterocycles. The third-order valence-electron chi connectivity index (χ3n) is 3.09. The molecule has 4 nitrogen and oxygen atoms in total. The summed E-state index contributed by atoms with van der Waals surface area (Å²) in [5.41, 5.74) is 0. The molecular formula is C11H23N3O. The summed E-state index contributed by atoms with van der Waals surface area (Å²) in [6, 6.07) is 0.749. The predicted octanol–water partition coefficient (Wildman–Crippen LogP) is 0.147. The van der Waals surface area contributed by atoms with E-state index in [-0.39, 0.29) is 5.91 Å². The van der Waals surface area contributed by atoms with Crippen molar-refractivity contribution in [3.8, 4) is 0 Å². The monoisotopic (exact) mass is 213 g/mol. The second kappa shape index (κ2) is 5.47. The largest absolute Gasteiger partial charge is 0.336 e. The van der Waals surface area contributed by atoms with Crippen LogP contribution >= 0.6 is 0 Å². The van der Waals surface area contributed by atoms with E-state index in [4.69, 9.17) is 0 Å². The van der Waals surface area contributed by atoms with Crippen LogP contribution in [0.1, 0.15) is 20.8 Å². The molecule has 1 rings (SSSR count). The van der Waals surface area contributed by atoms with Crippen LogP contribution in [0.3, 0.4) is 0 Å². The molecule has 1 heterocycles. The lowest BCUT2D eigenvalue weighted by atomic mass is 10.2. The molecule has 1 unspecified atom stereocenters. The van der Waals surface area contributed by atoms with E-state index in [0.29, 0.717) is 18.6 Å². The van der Waals surface area contributed by atoms with Gasteiger partial charge in [-0.3, -0.25) is 9.69 Å². The van der Waals surface area contributed by atoms with Crippen molar-refractivity contribution >= 4 is 5.91 Å². The first kappa shape index (κ1) is 12.5. The van der Waals surface area contributed by atoms with Gasteiger partial charge < -0.3 is 10.2 Å². The molecule has 0 spiro atoms. The second-order valence-corrected chi connectivity index (χ2v) is 4.65. The zero-order valence-corrected chi connectivity index (χ0v) is 10.3. The van der Waals surface area contributed by atoms with E-state index in [1.807, 2.05) is 11.9 Å². The molecule has 0 aromatic heterocycles. The summed E-state index contributed by atoms with van der Waals surface area (Å²) in [6.07, 6.45) is 0. The number of nitrogens with zero attached hydrogens (tertiary/aromatic N) is 2. The Hall–Kier alpha value is -0.610. The van der Waals surface area contributed by atoms with Gasteiger partial charge in [0.2, 0.25) is 5.91 Å². The molecule has 0 aromatic rings. The van der Waals surface area contributed by atoms with Gasteiger partial charge in [-0.1, -0.05) is 0 Å². The van der Waals surface area contributed by atoms with E-state index in [2.05, 4.69) is 31.0 Å².